The molecule has 0 spiro atoms. The molecule has 0 aromatic carbocycles. The van der Waals surface area contributed by atoms with Gasteiger partial charge in [0.2, 0.25) is 0 Å². The predicted molar refractivity (Wildman–Crippen MR) is 88.1 cm³/mol. The molecule has 0 bridgehead atoms. The van der Waals surface area contributed by atoms with Crippen molar-refractivity contribution in [3.63, 3.8) is 0 Å². The zero-order valence-electron chi connectivity index (χ0n) is 14.0. The third kappa shape index (κ3) is 4.73. The number of hydrogen-bond acceptors (Lipinski definition) is 2. The van der Waals surface area contributed by atoms with Crippen LogP contribution in [0.15, 0.2) is 0 Å². The van der Waals surface area contributed by atoms with Crippen LogP contribution in [-0.4, -0.2) is 36.6 Å². The van der Waals surface area contributed by atoms with Gasteiger partial charge in [-0.1, -0.05) is 40.0 Å². The molecular formula is C18H36N2. The fraction of sp³-hybridized carbons (Fsp3) is 1.00. The van der Waals surface area contributed by atoms with E-state index in [0.717, 1.165) is 23.9 Å². The van der Waals surface area contributed by atoms with Crippen LogP contribution < -0.4 is 5.32 Å². The summed E-state index contributed by atoms with van der Waals surface area (Å²) in [5, 5.41) is 3.80. The minimum atomic E-state index is 0.797. The van der Waals surface area contributed by atoms with E-state index >= 15 is 0 Å². The summed E-state index contributed by atoms with van der Waals surface area (Å²) in [6.45, 7) is 10.9. The van der Waals surface area contributed by atoms with Crippen LogP contribution in [0.3, 0.4) is 0 Å². The molecule has 2 fully saturated rings. The van der Waals surface area contributed by atoms with Gasteiger partial charge in [-0.3, -0.25) is 4.90 Å². The molecule has 118 valence electrons. The second kappa shape index (κ2) is 8.38. The maximum Gasteiger partial charge on any atom is 0.0107 e. The van der Waals surface area contributed by atoms with Crippen LogP contribution in [0.25, 0.3) is 0 Å². The predicted octanol–water partition coefficient (Wildman–Crippen LogP) is 4.06. The van der Waals surface area contributed by atoms with Crippen LogP contribution in [0.2, 0.25) is 0 Å². The van der Waals surface area contributed by atoms with Crippen molar-refractivity contribution in [2.75, 3.05) is 19.6 Å². The summed E-state index contributed by atoms with van der Waals surface area (Å²) < 4.78 is 0. The zero-order valence-corrected chi connectivity index (χ0v) is 14.0. The van der Waals surface area contributed by atoms with Crippen LogP contribution >= 0.6 is 0 Å². The summed E-state index contributed by atoms with van der Waals surface area (Å²) in [5.74, 6) is 1.71. The highest BCUT2D eigenvalue weighted by molar-refractivity contribution is 4.88. The van der Waals surface area contributed by atoms with Crippen LogP contribution in [0.5, 0.6) is 0 Å². The molecule has 0 saturated heterocycles. The molecule has 0 amide bonds. The van der Waals surface area contributed by atoms with Crippen molar-refractivity contribution in [2.45, 2.75) is 84.2 Å². The number of nitrogens with one attached hydrogen (secondary N) is 1. The molecule has 0 heterocycles. The molecule has 0 radical (unpaired) electrons. The van der Waals surface area contributed by atoms with Crippen LogP contribution in [0.1, 0.15) is 72.1 Å². The van der Waals surface area contributed by atoms with E-state index in [1.807, 2.05) is 0 Å². The monoisotopic (exact) mass is 280 g/mol. The van der Waals surface area contributed by atoms with Gasteiger partial charge in [-0.2, -0.15) is 0 Å². The van der Waals surface area contributed by atoms with Gasteiger partial charge in [-0.15, -0.1) is 0 Å². The van der Waals surface area contributed by atoms with Crippen molar-refractivity contribution >= 4 is 0 Å². The average Bonchev–Trinajstić information content (AvgIpc) is 3.06. The first-order valence-corrected chi connectivity index (χ1v) is 9.18. The molecule has 2 atom stereocenters. The molecule has 0 aliphatic heterocycles. The fourth-order valence-corrected chi connectivity index (χ4v) is 4.27. The Kier molecular flexibility index (Phi) is 6.83. The number of hydrogen-bond donors (Lipinski definition) is 1. The van der Waals surface area contributed by atoms with Crippen LogP contribution in [0.4, 0.5) is 0 Å². The van der Waals surface area contributed by atoms with Gasteiger partial charge >= 0.3 is 0 Å². The molecule has 2 rings (SSSR count). The Bertz CT molecular complexity index is 258. The van der Waals surface area contributed by atoms with E-state index in [1.54, 1.807) is 0 Å². The van der Waals surface area contributed by atoms with Crippen molar-refractivity contribution in [3.05, 3.63) is 0 Å². The van der Waals surface area contributed by atoms with E-state index in [-0.39, 0.29) is 0 Å². The summed E-state index contributed by atoms with van der Waals surface area (Å²) in [7, 11) is 0. The number of nitrogens with zero attached hydrogens (tertiary/aromatic N) is 1. The summed E-state index contributed by atoms with van der Waals surface area (Å²) in [4.78, 5) is 2.86. The highest BCUT2D eigenvalue weighted by atomic mass is 15.2. The molecule has 1 N–H and O–H groups in total. The first-order valence-electron chi connectivity index (χ1n) is 9.18. The molecule has 2 aliphatic carbocycles. The maximum absolute atomic E-state index is 3.80. The molecule has 0 aromatic heterocycles. The molecule has 20 heavy (non-hydrogen) atoms. The van der Waals surface area contributed by atoms with Gasteiger partial charge in [0.1, 0.15) is 0 Å². The average molecular weight is 280 g/mol. The van der Waals surface area contributed by atoms with E-state index in [4.69, 9.17) is 0 Å². The minimum Gasteiger partial charge on any atom is -0.314 e. The van der Waals surface area contributed by atoms with Gasteiger partial charge < -0.3 is 5.32 Å². The SMILES string of the molecule is CCCNC1CCCC1CN(CC(C)C)C1CCCC1. The molecule has 2 saturated carbocycles. The lowest BCUT2D eigenvalue weighted by Gasteiger charge is -2.34. The Morgan fingerprint density at radius 1 is 1.05 bits per heavy atom. The lowest BCUT2D eigenvalue weighted by atomic mass is 10.00. The topological polar surface area (TPSA) is 15.3 Å². The van der Waals surface area contributed by atoms with Crippen molar-refractivity contribution in [2.24, 2.45) is 11.8 Å². The van der Waals surface area contributed by atoms with Gasteiger partial charge in [0, 0.05) is 25.2 Å². The van der Waals surface area contributed by atoms with Gasteiger partial charge in [0.15, 0.2) is 0 Å². The van der Waals surface area contributed by atoms with Crippen molar-refractivity contribution < 1.29 is 0 Å². The van der Waals surface area contributed by atoms with E-state index in [1.165, 1.54) is 71.0 Å². The Hall–Kier alpha value is -0.0800. The van der Waals surface area contributed by atoms with E-state index in [9.17, 15) is 0 Å². The highest BCUT2D eigenvalue weighted by Gasteiger charge is 2.31. The summed E-state index contributed by atoms with van der Waals surface area (Å²) in [6.07, 6.45) is 11.4. The first kappa shape index (κ1) is 16.3. The Morgan fingerprint density at radius 3 is 2.45 bits per heavy atom. The van der Waals surface area contributed by atoms with Gasteiger partial charge in [0.05, 0.1) is 0 Å². The van der Waals surface area contributed by atoms with Crippen molar-refractivity contribution in [1.29, 1.82) is 0 Å². The quantitative estimate of drug-likeness (QED) is 0.721. The molecule has 2 heteroatoms. The lowest BCUT2D eigenvalue weighted by Crippen LogP contribution is -2.44. The largest absolute Gasteiger partial charge is 0.314 e. The molecule has 0 aromatic rings. The minimum absolute atomic E-state index is 0.797. The second-order valence-electron chi connectivity index (χ2n) is 7.54. The lowest BCUT2D eigenvalue weighted by molar-refractivity contribution is 0.141. The Labute approximate surface area is 126 Å². The summed E-state index contributed by atoms with van der Waals surface area (Å²) >= 11 is 0. The third-order valence-corrected chi connectivity index (χ3v) is 5.23. The molecule has 2 unspecified atom stereocenters. The van der Waals surface area contributed by atoms with E-state index in [0.29, 0.717) is 0 Å². The van der Waals surface area contributed by atoms with E-state index in [2.05, 4.69) is 31.0 Å². The molecular weight excluding hydrogens is 244 g/mol. The van der Waals surface area contributed by atoms with Gasteiger partial charge in [-0.05, 0) is 50.5 Å². The standard InChI is InChI=1S/C18H36N2/c1-4-12-19-18-11-7-8-16(18)14-20(13-15(2)3)17-9-5-6-10-17/h15-19H,4-14H2,1-3H3. The maximum atomic E-state index is 3.80. The highest BCUT2D eigenvalue weighted by Crippen LogP contribution is 2.30. The van der Waals surface area contributed by atoms with E-state index < -0.39 is 0 Å². The summed E-state index contributed by atoms with van der Waals surface area (Å²) in [5.41, 5.74) is 0. The van der Waals surface area contributed by atoms with Crippen molar-refractivity contribution in [3.8, 4) is 0 Å². The molecule has 2 aliphatic rings. The van der Waals surface area contributed by atoms with Crippen LogP contribution in [0, 0.1) is 11.8 Å². The van der Waals surface area contributed by atoms with Crippen molar-refractivity contribution in [1.82, 2.24) is 10.2 Å². The van der Waals surface area contributed by atoms with Gasteiger partial charge in [-0.25, -0.2) is 0 Å². The summed E-state index contributed by atoms with van der Waals surface area (Å²) in [6, 6.07) is 1.69. The van der Waals surface area contributed by atoms with Gasteiger partial charge in [0.25, 0.3) is 0 Å². The zero-order chi connectivity index (χ0) is 14.4. The third-order valence-electron chi connectivity index (χ3n) is 5.23. The fourth-order valence-electron chi connectivity index (χ4n) is 4.27. The smallest absolute Gasteiger partial charge is 0.0107 e. The Balaban J connectivity index is 1.88. The Morgan fingerprint density at radius 2 is 1.80 bits per heavy atom. The normalized spacial score (nSPS) is 28.1. The second-order valence-corrected chi connectivity index (χ2v) is 7.54. The first-order chi connectivity index (χ1) is 9.70. The molecule has 2 nitrogen and oxygen atoms in total. The van der Waals surface area contributed by atoms with Crippen LogP contribution in [-0.2, 0) is 0 Å². The number of rotatable bonds is 8.